The Bertz CT molecular complexity index is 249. The van der Waals surface area contributed by atoms with Gasteiger partial charge < -0.3 is 4.90 Å². The summed E-state index contributed by atoms with van der Waals surface area (Å²) in [5.74, 6) is 2.14. The summed E-state index contributed by atoms with van der Waals surface area (Å²) in [6.07, 6.45) is 0. The highest BCUT2D eigenvalue weighted by Gasteiger charge is 2.23. The van der Waals surface area contributed by atoms with Gasteiger partial charge in [0, 0.05) is 18.8 Å². The number of carbonyl (C=O) groups is 1. The second kappa shape index (κ2) is 5.26. The summed E-state index contributed by atoms with van der Waals surface area (Å²) < 4.78 is 0. The van der Waals surface area contributed by atoms with Crippen LogP contribution in [0.2, 0.25) is 0 Å². The van der Waals surface area contributed by atoms with Crippen molar-refractivity contribution in [1.29, 1.82) is 5.26 Å². The van der Waals surface area contributed by atoms with Crippen molar-refractivity contribution in [1.82, 2.24) is 4.90 Å². The molecule has 0 N–H and O–H groups in total. The zero-order chi connectivity index (χ0) is 10.6. The maximum Gasteiger partial charge on any atom is 0.239 e. The number of hydrogen-bond donors (Lipinski definition) is 0. The fourth-order valence-corrected chi connectivity index (χ4v) is 2.53. The molecule has 1 fully saturated rings. The van der Waals surface area contributed by atoms with Gasteiger partial charge in [0.05, 0.1) is 6.07 Å². The SMILES string of the molecule is CC1CSCCN(C(=O)C(C)C#N)C1. The number of hydrogen-bond acceptors (Lipinski definition) is 3. The van der Waals surface area contributed by atoms with Crippen LogP contribution in [0.25, 0.3) is 0 Å². The second-order valence-corrected chi connectivity index (χ2v) is 4.96. The van der Waals surface area contributed by atoms with Crippen molar-refractivity contribution in [3.8, 4) is 6.07 Å². The summed E-state index contributed by atoms with van der Waals surface area (Å²) in [6.45, 7) is 5.42. The molecule has 1 heterocycles. The minimum absolute atomic E-state index is 0.0122. The van der Waals surface area contributed by atoms with E-state index in [1.54, 1.807) is 6.92 Å². The average Bonchev–Trinajstić information content (AvgIpc) is 2.40. The average molecular weight is 212 g/mol. The Morgan fingerprint density at radius 2 is 2.43 bits per heavy atom. The Balaban J connectivity index is 2.58. The third kappa shape index (κ3) is 2.91. The molecule has 1 aliphatic heterocycles. The summed E-state index contributed by atoms with van der Waals surface area (Å²) in [5.41, 5.74) is 0. The number of thioether (sulfide) groups is 1. The van der Waals surface area contributed by atoms with E-state index in [1.807, 2.05) is 22.7 Å². The lowest BCUT2D eigenvalue weighted by molar-refractivity contribution is -0.133. The molecule has 0 radical (unpaired) electrons. The van der Waals surface area contributed by atoms with Crippen molar-refractivity contribution >= 4 is 17.7 Å². The topological polar surface area (TPSA) is 44.1 Å². The zero-order valence-corrected chi connectivity index (χ0v) is 9.51. The van der Waals surface area contributed by atoms with Crippen LogP contribution < -0.4 is 0 Å². The molecule has 0 aromatic heterocycles. The van der Waals surface area contributed by atoms with Gasteiger partial charge in [0.2, 0.25) is 5.91 Å². The van der Waals surface area contributed by atoms with Gasteiger partial charge in [-0.3, -0.25) is 4.79 Å². The van der Waals surface area contributed by atoms with Crippen molar-refractivity contribution < 1.29 is 4.79 Å². The summed E-state index contributed by atoms with van der Waals surface area (Å²) in [5, 5.41) is 8.67. The van der Waals surface area contributed by atoms with Gasteiger partial charge >= 0.3 is 0 Å². The molecule has 0 aliphatic carbocycles. The molecule has 0 bridgehead atoms. The maximum atomic E-state index is 11.7. The molecule has 1 rings (SSSR count). The van der Waals surface area contributed by atoms with Gasteiger partial charge in [0.1, 0.15) is 5.92 Å². The van der Waals surface area contributed by atoms with Gasteiger partial charge in [0.25, 0.3) is 0 Å². The first-order chi connectivity index (χ1) is 6.65. The molecule has 78 valence electrons. The molecule has 2 unspecified atom stereocenters. The molecule has 3 nitrogen and oxygen atoms in total. The van der Waals surface area contributed by atoms with Gasteiger partial charge in [-0.1, -0.05) is 6.92 Å². The Hall–Kier alpha value is -0.690. The Labute approximate surface area is 89.5 Å². The molecule has 0 aromatic carbocycles. The standard InChI is InChI=1S/C10H16N2OS/c1-8-6-12(3-4-14-7-8)10(13)9(2)5-11/h8-9H,3-4,6-7H2,1-2H3. The van der Waals surface area contributed by atoms with Crippen LogP contribution >= 0.6 is 11.8 Å². The zero-order valence-electron chi connectivity index (χ0n) is 8.69. The molecular formula is C10H16N2OS. The van der Waals surface area contributed by atoms with E-state index in [9.17, 15) is 4.79 Å². The molecule has 1 aliphatic rings. The molecule has 1 amide bonds. The Kier molecular flexibility index (Phi) is 4.27. The van der Waals surface area contributed by atoms with E-state index < -0.39 is 5.92 Å². The number of amides is 1. The van der Waals surface area contributed by atoms with Crippen LogP contribution in [0.15, 0.2) is 0 Å². The number of nitriles is 1. The lowest BCUT2D eigenvalue weighted by Crippen LogP contribution is -2.38. The smallest absolute Gasteiger partial charge is 0.239 e. The van der Waals surface area contributed by atoms with Crippen LogP contribution in [0.5, 0.6) is 0 Å². The first-order valence-electron chi connectivity index (χ1n) is 4.91. The molecule has 0 spiro atoms. The van der Waals surface area contributed by atoms with Gasteiger partial charge in [0.15, 0.2) is 0 Å². The lowest BCUT2D eigenvalue weighted by atomic mass is 10.1. The minimum atomic E-state index is -0.495. The van der Waals surface area contributed by atoms with Crippen LogP contribution in [0.1, 0.15) is 13.8 Å². The highest BCUT2D eigenvalue weighted by molar-refractivity contribution is 7.99. The number of carbonyl (C=O) groups excluding carboxylic acids is 1. The van der Waals surface area contributed by atoms with E-state index in [4.69, 9.17) is 5.26 Å². The van der Waals surface area contributed by atoms with Crippen molar-refractivity contribution in [2.75, 3.05) is 24.6 Å². The van der Waals surface area contributed by atoms with Crippen LogP contribution in [-0.2, 0) is 4.79 Å². The summed E-state index contributed by atoms with van der Waals surface area (Å²) in [6, 6.07) is 2.00. The number of nitrogens with zero attached hydrogens (tertiary/aromatic N) is 2. The Morgan fingerprint density at radius 3 is 3.07 bits per heavy atom. The summed E-state index contributed by atoms with van der Waals surface area (Å²) in [4.78, 5) is 13.6. The molecule has 14 heavy (non-hydrogen) atoms. The Morgan fingerprint density at radius 1 is 1.71 bits per heavy atom. The monoisotopic (exact) mass is 212 g/mol. The molecular weight excluding hydrogens is 196 g/mol. The van der Waals surface area contributed by atoms with Crippen LogP contribution in [0, 0.1) is 23.2 Å². The fourth-order valence-electron chi connectivity index (χ4n) is 1.51. The van der Waals surface area contributed by atoms with Crippen molar-refractivity contribution in [2.24, 2.45) is 11.8 Å². The quantitative estimate of drug-likeness (QED) is 0.659. The van der Waals surface area contributed by atoms with Crippen molar-refractivity contribution in [3.63, 3.8) is 0 Å². The van der Waals surface area contributed by atoms with Crippen molar-refractivity contribution in [3.05, 3.63) is 0 Å². The van der Waals surface area contributed by atoms with Crippen molar-refractivity contribution in [2.45, 2.75) is 13.8 Å². The van der Waals surface area contributed by atoms with Gasteiger partial charge in [-0.15, -0.1) is 0 Å². The van der Waals surface area contributed by atoms with Crippen LogP contribution in [0.4, 0.5) is 0 Å². The first kappa shape index (κ1) is 11.4. The van der Waals surface area contributed by atoms with E-state index in [1.165, 1.54) is 0 Å². The van der Waals surface area contributed by atoms with E-state index >= 15 is 0 Å². The lowest BCUT2D eigenvalue weighted by Gasteiger charge is -2.23. The van der Waals surface area contributed by atoms with E-state index in [0.717, 1.165) is 24.6 Å². The maximum absolute atomic E-state index is 11.7. The molecule has 0 saturated carbocycles. The molecule has 4 heteroatoms. The second-order valence-electron chi connectivity index (χ2n) is 3.82. The van der Waals surface area contributed by atoms with Gasteiger partial charge in [-0.05, 0) is 18.6 Å². The number of rotatable bonds is 1. The summed E-state index contributed by atoms with van der Waals surface area (Å²) in [7, 11) is 0. The van der Waals surface area contributed by atoms with E-state index in [-0.39, 0.29) is 5.91 Å². The van der Waals surface area contributed by atoms with E-state index in [2.05, 4.69) is 6.92 Å². The predicted molar refractivity (Wildman–Crippen MR) is 57.8 cm³/mol. The third-order valence-corrected chi connectivity index (χ3v) is 3.59. The fraction of sp³-hybridized carbons (Fsp3) is 0.800. The third-order valence-electron chi connectivity index (χ3n) is 2.32. The van der Waals surface area contributed by atoms with Gasteiger partial charge in [-0.2, -0.15) is 17.0 Å². The normalized spacial score (nSPS) is 24.9. The molecule has 0 aromatic rings. The molecule has 1 saturated heterocycles. The predicted octanol–water partition coefficient (Wildman–Crippen LogP) is 1.36. The van der Waals surface area contributed by atoms with Crippen LogP contribution in [0.3, 0.4) is 0 Å². The van der Waals surface area contributed by atoms with E-state index in [0.29, 0.717) is 5.92 Å². The van der Waals surface area contributed by atoms with Gasteiger partial charge in [-0.25, -0.2) is 0 Å². The first-order valence-corrected chi connectivity index (χ1v) is 6.06. The minimum Gasteiger partial charge on any atom is -0.340 e. The molecule has 2 atom stereocenters. The summed E-state index contributed by atoms with van der Waals surface area (Å²) >= 11 is 1.89. The highest BCUT2D eigenvalue weighted by Crippen LogP contribution is 2.16. The largest absolute Gasteiger partial charge is 0.340 e. The highest BCUT2D eigenvalue weighted by atomic mass is 32.2. The van der Waals surface area contributed by atoms with Crippen LogP contribution in [-0.4, -0.2) is 35.4 Å².